The molecule has 2 atom stereocenters. The summed E-state index contributed by atoms with van der Waals surface area (Å²) in [5, 5.41) is 5.44. The number of hydrazine groups is 1. The molecule has 0 bridgehead atoms. The summed E-state index contributed by atoms with van der Waals surface area (Å²) in [4.78, 5) is 24.4. The van der Waals surface area contributed by atoms with Gasteiger partial charge in [-0.3, -0.25) is 10.2 Å². The van der Waals surface area contributed by atoms with Gasteiger partial charge in [0.05, 0.1) is 12.1 Å². The minimum atomic E-state index is -0.719. The normalized spacial score (nSPS) is 13.0. The Hall–Kier alpha value is -3.22. The lowest BCUT2D eigenvalue weighted by atomic mass is 9.93. The lowest BCUT2D eigenvalue weighted by Gasteiger charge is -2.23. The van der Waals surface area contributed by atoms with Gasteiger partial charge in [-0.05, 0) is 48.2 Å². The van der Waals surface area contributed by atoms with Crippen molar-refractivity contribution in [2.75, 3.05) is 7.05 Å². The van der Waals surface area contributed by atoms with Crippen molar-refractivity contribution in [1.82, 2.24) is 16.2 Å². The van der Waals surface area contributed by atoms with E-state index in [1.165, 1.54) is 5.39 Å². The number of carbonyl (C=O) groups is 2. The van der Waals surface area contributed by atoms with E-state index in [1.54, 1.807) is 7.05 Å². The predicted octanol–water partition coefficient (Wildman–Crippen LogP) is 2.71. The summed E-state index contributed by atoms with van der Waals surface area (Å²) in [6.45, 7) is 0. The Kier molecular flexibility index (Phi) is 7.54. The first-order valence-electron chi connectivity index (χ1n) is 10.1. The maximum atomic E-state index is 13.3. The number of hydrogen-bond donors (Lipinski definition) is 4. The summed E-state index contributed by atoms with van der Waals surface area (Å²) in [5.41, 5.74) is 12.6. The number of fused-ring (bicyclic) bond motifs is 1. The third-order valence-electron chi connectivity index (χ3n) is 5.22. The first-order chi connectivity index (χ1) is 14.6. The van der Waals surface area contributed by atoms with Crippen LogP contribution in [0.2, 0.25) is 0 Å². The molecule has 6 heteroatoms. The van der Waals surface area contributed by atoms with E-state index in [9.17, 15) is 9.59 Å². The summed E-state index contributed by atoms with van der Waals surface area (Å²) in [6, 6.07) is 22.6. The number of amides is 2. The lowest BCUT2D eigenvalue weighted by Crippen LogP contribution is -2.54. The number of primary amides is 1. The van der Waals surface area contributed by atoms with E-state index in [4.69, 9.17) is 5.73 Å². The Balaban J connectivity index is 1.72. The van der Waals surface area contributed by atoms with Crippen molar-refractivity contribution in [3.05, 3.63) is 83.9 Å². The van der Waals surface area contributed by atoms with Crippen molar-refractivity contribution < 1.29 is 9.59 Å². The van der Waals surface area contributed by atoms with Crippen molar-refractivity contribution in [2.45, 2.75) is 31.3 Å². The quantitative estimate of drug-likeness (QED) is 0.391. The molecule has 0 heterocycles. The summed E-state index contributed by atoms with van der Waals surface area (Å²) >= 11 is 0. The number of rotatable bonds is 10. The van der Waals surface area contributed by atoms with Gasteiger partial charge in [0.15, 0.2) is 5.78 Å². The van der Waals surface area contributed by atoms with Crippen molar-refractivity contribution in [3.63, 3.8) is 0 Å². The Bertz CT molecular complexity index is 991. The fraction of sp³-hybridized carbons (Fsp3) is 0.250. The monoisotopic (exact) mass is 404 g/mol. The Morgan fingerprint density at radius 2 is 1.57 bits per heavy atom. The molecular weight excluding hydrogens is 376 g/mol. The molecule has 30 heavy (non-hydrogen) atoms. The van der Waals surface area contributed by atoms with Crippen LogP contribution in [0.15, 0.2) is 72.8 Å². The standard InChI is InChI=1S/C24H28N4O2/c1-26-22(16-18-11-13-19-9-5-6-10-20(19)15-18)23(29)21(27-28-24(25)30)14-12-17-7-3-2-4-8-17/h2-11,13,15,21-22,26-27H,12,14,16H2,1H3,(H3,25,28,30)/t21?,22-/m1/s1. The zero-order valence-corrected chi connectivity index (χ0v) is 17.1. The number of urea groups is 1. The van der Waals surface area contributed by atoms with E-state index < -0.39 is 18.1 Å². The maximum Gasteiger partial charge on any atom is 0.326 e. The summed E-state index contributed by atoms with van der Waals surface area (Å²) in [6.07, 6.45) is 1.80. The van der Waals surface area contributed by atoms with E-state index in [0.29, 0.717) is 19.3 Å². The molecule has 3 rings (SSSR count). The van der Waals surface area contributed by atoms with Gasteiger partial charge in [0.1, 0.15) is 0 Å². The van der Waals surface area contributed by atoms with Gasteiger partial charge in [-0.25, -0.2) is 10.2 Å². The molecule has 0 saturated carbocycles. The number of aryl methyl sites for hydroxylation is 1. The maximum absolute atomic E-state index is 13.3. The minimum absolute atomic E-state index is 0.0182. The van der Waals surface area contributed by atoms with Gasteiger partial charge in [0.25, 0.3) is 0 Å². The zero-order valence-electron chi connectivity index (χ0n) is 17.1. The van der Waals surface area contributed by atoms with E-state index in [-0.39, 0.29) is 5.78 Å². The molecule has 0 aliphatic heterocycles. The van der Waals surface area contributed by atoms with Gasteiger partial charge >= 0.3 is 6.03 Å². The lowest BCUT2D eigenvalue weighted by molar-refractivity contribution is -0.123. The van der Waals surface area contributed by atoms with E-state index in [2.05, 4.69) is 40.4 Å². The highest BCUT2D eigenvalue weighted by Gasteiger charge is 2.26. The molecule has 0 aliphatic rings. The molecule has 3 aromatic rings. The van der Waals surface area contributed by atoms with Crippen LogP contribution < -0.4 is 21.9 Å². The highest BCUT2D eigenvalue weighted by atomic mass is 16.2. The Morgan fingerprint density at radius 3 is 2.27 bits per heavy atom. The first-order valence-corrected chi connectivity index (χ1v) is 10.1. The van der Waals surface area contributed by atoms with E-state index >= 15 is 0 Å². The molecule has 0 fully saturated rings. The third-order valence-corrected chi connectivity index (χ3v) is 5.22. The van der Waals surface area contributed by atoms with E-state index in [0.717, 1.165) is 16.5 Å². The van der Waals surface area contributed by atoms with Gasteiger partial charge in [0.2, 0.25) is 0 Å². The van der Waals surface area contributed by atoms with Crippen LogP contribution in [0.25, 0.3) is 10.8 Å². The van der Waals surface area contributed by atoms with Gasteiger partial charge in [-0.1, -0.05) is 72.8 Å². The number of likely N-dealkylation sites (N-methyl/N-ethyl adjacent to an activating group) is 1. The molecule has 0 saturated heterocycles. The average Bonchev–Trinajstić information content (AvgIpc) is 2.77. The summed E-state index contributed by atoms with van der Waals surface area (Å²) in [5.74, 6) is -0.0182. The molecule has 0 aromatic heterocycles. The van der Waals surface area contributed by atoms with E-state index in [1.807, 2.05) is 48.5 Å². The average molecular weight is 405 g/mol. The van der Waals surface area contributed by atoms with Crippen LogP contribution in [0.1, 0.15) is 17.5 Å². The first kappa shape index (κ1) is 21.5. The number of ketones is 1. The van der Waals surface area contributed by atoms with Crippen molar-refractivity contribution in [3.8, 4) is 0 Å². The van der Waals surface area contributed by atoms with Crippen LogP contribution >= 0.6 is 0 Å². The fourth-order valence-corrected chi connectivity index (χ4v) is 3.59. The van der Waals surface area contributed by atoms with Crippen LogP contribution in [-0.2, 0) is 17.6 Å². The Labute approximate surface area is 176 Å². The van der Waals surface area contributed by atoms with Crippen LogP contribution in [0.5, 0.6) is 0 Å². The van der Waals surface area contributed by atoms with Crippen LogP contribution in [-0.4, -0.2) is 30.9 Å². The molecule has 6 nitrogen and oxygen atoms in total. The largest absolute Gasteiger partial charge is 0.351 e. The minimum Gasteiger partial charge on any atom is -0.351 e. The number of nitrogens with one attached hydrogen (secondary N) is 3. The highest BCUT2D eigenvalue weighted by molar-refractivity contribution is 5.90. The molecular formula is C24H28N4O2. The predicted molar refractivity (Wildman–Crippen MR) is 120 cm³/mol. The van der Waals surface area contributed by atoms with Gasteiger partial charge < -0.3 is 11.1 Å². The molecule has 1 unspecified atom stereocenters. The topological polar surface area (TPSA) is 96.2 Å². The second-order valence-electron chi connectivity index (χ2n) is 7.34. The van der Waals surface area contributed by atoms with Crippen LogP contribution in [0, 0.1) is 0 Å². The molecule has 0 spiro atoms. The molecule has 0 radical (unpaired) electrons. The summed E-state index contributed by atoms with van der Waals surface area (Å²) in [7, 11) is 1.78. The second kappa shape index (κ2) is 10.5. The van der Waals surface area contributed by atoms with Gasteiger partial charge in [0, 0.05) is 0 Å². The van der Waals surface area contributed by atoms with Crippen LogP contribution in [0.4, 0.5) is 4.79 Å². The zero-order chi connectivity index (χ0) is 21.3. The SMILES string of the molecule is CN[C@H](Cc1ccc2ccccc2c1)C(=O)C(CCc1ccccc1)NNC(N)=O. The fourth-order valence-electron chi connectivity index (χ4n) is 3.59. The molecule has 2 amide bonds. The number of Topliss-reactive ketones (excluding diaryl/α,β-unsaturated/α-hetero) is 1. The molecule has 156 valence electrons. The number of hydrogen-bond acceptors (Lipinski definition) is 4. The smallest absolute Gasteiger partial charge is 0.326 e. The number of carbonyl (C=O) groups excluding carboxylic acids is 2. The van der Waals surface area contributed by atoms with Crippen molar-refractivity contribution >= 4 is 22.6 Å². The number of benzene rings is 3. The van der Waals surface area contributed by atoms with Crippen LogP contribution in [0.3, 0.4) is 0 Å². The third kappa shape index (κ3) is 5.89. The highest BCUT2D eigenvalue weighted by Crippen LogP contribution is 2.17. The Morgan fingerprint density at radius 1 is 0.867 bits per heavy atom. The molecule has 0 aliphatic carbocycles. The molecule has 5 N–H and O–H groups in total. The van der Waals surface area contributed by atoms with Crippen molar-refractivity contribution in [2.24, 2.45) is 5.73 Å². The molecule has 3 aromatic carbocycles. The van der Waals surface area contributed by atoms with Gasteiger partial charge in [-0.15, -0.1) is 0 Å². The summed E-state index contributed by atoms with van der Waals surface area (Å²) < 4.78 is 0. The van der Waals surface area contributed by atoms with Gasteiger partial charge in [-0.2, -0.15) is 0 Å². The number of nitrogens with two attached hydrogens (primary N) is 1. The second-order valence-corrected chi connectivity index (χ2v) is 7.34. The van der Waals surface area contributed by atoms with Crippen molar-refractivity contribution in [1.29, 1.82) is 0 Å².